The molecule has 3 nitrogen and oxygen atoms in total. The van der Waals surface area contributed by atoms with Crippen molar-refractivity contribution >= 4 is 17.1 Å². The summed E-state index contributed by atoms with van der Waals surface area (Å²) in [5, 5.41) is 3.36. The highest BCUT2D eigenvalue weighted by molar-refractivity contribution is 5.69. The summed E-state index contributed by atoms with van der Waals surface area (Å²) in [6.45, 7) is 6.04. The summed E-state index contributed by atoms with van der Waals surface area (Å²) in [6.07, 6.45) is 0.190. The van der Waals surface area contributed by atoms with Crippen molar-refractivity contribution in [3.05, 3.63) is 48.0 Å². The predicted octanol–water partition coefficient (Wildman–Crippen LogP) is 4.11. The zero-order valence-corrected chi connectivity index (χ0v) is 11.6. The summed E-state index contributed by atoms with van der Waals surface area (Å²) in [4.78, 5) is 0. The Labute approximate surface area is 114 Å². The maximum atomic E-state index is 5.89. The predicted molar refractivity (Wildman–Crippen MR) is 81.1 cm³/mol. The topological polar surface area (TPSA) is 47.3 Å². The molecule has 100 valence electrons. The Hall–Kier alpha value is -2.16. The maximum absolute atomic E-state index is 5.89. The van der Waals surface area contributed by atoms with Gasteiger partial charge in [0.15, 0.2) is 0 Å². The highest BCUT2D eigenvalue weighted by Crippen LogP contribution is 2.25. The Morgan fingerprint density at radius 3 is 2.37 bits per heavy atom. The van der Waals surface area contributed by atoms with Gasteiger partial charge in [0, 0.05) is 17.1 Å². The van der Waals surface area contributed by atoms with Crippen molar-refractivity contribution in [3.8, 4) is 5.75 Å². The second kappa shape index (κ2) is 5.65. The average molecular weight is 256 g/mol. The fourth-order valence-electron chi connectivity index (χ4n) is 1.83. The zero-order valence-electron chi connectivity index (χ0n) is 11.6. The highest BCUT2D eigenvalue weighted by Gasteiger charge is 2.02. The second-order valence-corrected chi connectivity index (χ2v) is 4.84. The maximum Gasteiger partial charge on any atom is 0.119 e. The van der Waals surface area contributed by atoms with E-state index in [2.05, 4.69) is 5.32 Å². The van der Waals surface area contributed by atoms with Crippen LogP contribution in [0.3, 0.4) is 0 Å². The molecule has 0 bridgehead atoms. The normalized spacial score (nSPS) is 10.5. The van der Waals surface area contributed by atoms with Crippen LogP contribution in [0.15, 0.2) is 42.5 Å². The van der Waals surface area contributed by atoms with Crippen LogP contribution in [-0.4, -0.2) is 6.10 Å². The molecule has 0 aliphatic heterocycles. The van der Waals surface area contributed by atoms with Gasteiger partial charge < -0.3 is 15.8 Å². The largest absolute Gasteiger partial charge is 0.491 e. The van der Waals surface area contributed by atoms with Crippen molar-refractivity contribution in [2.75, 3.05) is 11.1 Å². The molecule has 2 aromatic carbocycles. The van der Waals surface area contributed by atoms with Gasteiger partial charge in [0.25, 0.3) is 0 Å². The van der Waals surface area contributed by atoms with Gasteiger partial charge in [0.05, 0.1) is 6.10 Å². The number of nitrogen functional groups attached to an aromatic ring is 1. The molecule has 3 N–H and O–H groups in total. The number of nitrogens with two attached hydrogens (primary N) is 1. The second-order valence-electron chi connectivity index (χ2n) is 4.84. The molecule has 0 atom stereocenters. The standard InChI is InChI=1S/C16H20N2O/c1-11(2)19-14-9-7-13(8-10-14)18-16-6-4-5-15(17)12(16)3/h4-11,18H,17H2,1-3H3. The smallest absolute Gasteiger partial charge is 0.119 e. The van der Waals surface area contributed by atoms with Crippen molar-refractivity contribution in [2.24, 2.45) is 0 Å². The van der Waals surface area contributed by atoms with Crippen LogP contribution in [0, 0.1) is 6.92 Å². The van der Waals surface area contributed by atoms with Crippen LogP contribution in [0.4, 0.5) is 17.1 Å². The summed E-state index contributed by atoms with van der Waals surface area (Å²) in [5.74, 6) is 0.879. The molecular weight excluding hydrogens is 236 g/mol. The molecule has 0 spiro atoms. The number of benzene rings is 2. The van der Waals surface area contributed by atoms with Crippen LogP contribution < -0.4 is 15.8 Å². The molecule has 0 unspecified atom stereocenters. The van der Waals surface area contributed by atoms with Gasteiger partial charge >= 0.3 is 0 Å². The SMILES string of the molecule is Cc1c(N)cccc1Nc1ccc(OC(C)C)cc1. The van der Waals surface area contributed by atoms with E-state index in [1.807, 2.05) is 63.2 Å². The van der Waals surface area contributed by atoms with E-state index < -0.39 is 0 Å². The number of ether oxygens (including phenoxy) is 1. The van der Waals surface area contributed by atoms with Crippen LogP contribution >= 0.6 is 0 Å². The lowest BCUT2D eigenvalue weighted by atomic mass is 10.1. The van der Waals surface area contributed by atoms with Crippen molar-refractivity contribution in [1.82, 2.24) is 0 Å². The first-order valence-corrected chi connectivity index (χ1v) is 6.45. The monoisotopic (exact) mass is 256 g/mol. The Morgan fingerprint density at radius 1 is 1.05 bits per heavy atom. The van der Waals surface area contributed by atoms with Gasteiger partial charge in [-0.2, -0.15) is 0 Å². The first-order valence-electron chi connectivity index (χ1n) is 6.45. The van der Waals surface area contributed by atoms with Crippen LogP contribution in [0.5, 0.6) is 5.75 Å². The van der Waals surface area contributed by atoms with E-state index in [4.69, 9.17) is 10.5 Å². The summed E-state index contributed by atoms with van der Waals surface area (Å²) in [6, 6.07) is 13.8. The molecule has 19 heavy (non-hydrogen) atoms. The third kappa shape index (κ3) is 3.41. The Bertz CT molecular complexity index is 547. The van der Waals surface area contributed by atoms with Gasteiger partial charge in [0.1, 0.15) is 5.75 Å². The van der Waals surface area contributed by atoms with Gasteiger partial charge in [-0.3, -0.25) is 0 Å². The molecule has 0 saturated carbocycles. The van der Waals surface area contributed by atoms with Gasteiger partial charge in [-0.25, -0.2) is 0 Å². The van der Waals surface area contributed by atoms with Gasteiger partial charge in [-0.1, -0.05) is 6.07 Å². The Balaban J connectivity index is 2.13. The quantitative estimate of drug-likeness (QED) is 0.809. The van der Waals surface area contributed by atoms with Crippen LogP contribution in [0.1, 0.15) is 19.4 Å². The molecule has 0 aliphatic carbocycles. The molecular formula is C16H20N2O. The van der Waals surface area contributed by atoms with E-state index in [9.17, 15) is 0 Å². The zero-order chi connectivity index (χ0) is 13.8. The summed E-state index contributed by atoms with van der Waals surface area (Å²) >= 11 is 0. The number of hydrogen-bond acceptors (Lipinski definition) is 3. The van der Waals surface area contributed by atoms with Crippen LogP contribution in [-0.2, 0) is 0 Å². The van der Waals surface area contributed by atoms with E-state index >= 15 is 0 Å². The molecule has 0 heterocycles. The van der Waals surface area contributed by atoms with E-state index in [1.165, 1.54) is 0 Å². The third-order valence-electron chi connectivity index (χ3n) is 2.88. The highest BCUT2D eigenvalue weighted by atomic mass is 16.5. The van der Waals surface area contributed by atoms with Gasteiger partial charge in [-0.05, 0) is 62.7 Å². The first-order chi connectivity index (χ1) is 9.06. The first kappa shape index (κ1) is 13.3. The number of nitrogens with one attached hydrogen (secondary N) is 1. The molecule has 2 aromatic rings. The van der Waals surface area contributed by atoms with E-state index in [1.54, 1.807) is 0 Å². The molecule has 0 aromatic heterocycles. The fraction of sp³-hybridized carbons (Fsp3) is 0.250. The number of rotatable bonds is 4. The lowest BCUT2D eigenvalue weighted by molar-refractivity contribution is 0.242. The van der Waals surface area contributed by atoms with Crippen LogP contribution in [0.25, 0.3) is 0 Å². The summed E-state index contributed by atoms with van der Waals surface area (Å²) in [5.41, 5.74) is 9.79. The van der Waals surface area contributed by atoms with Crippen molar-refractivity contribution < 1.29 is 4.74 Å². The minimum absolute atomic E-state index is 0.190. The van der Waals surface area contributed by atoms with Crippen molar-refractivity contribution in [3.63, 3.8) is 0 Å². The minimum atomic E-state index is 0.190. The fourth-order valence-corrected chi connectivity index (χ4v) is 1.83. The molecule has 2 rings (SSSR count). The minimum Gasteiger partial charge on any atom is -0.491 e. The van der Waals surface area contributed by atoms with Crippen molar-refractivity contribution in [2.45, 2.75) is 26.9 Å². The summed E-state index contributed by atoms with van der Waals surface area (Å²) < 4.78 is 5.61. The molecule has 0 fully saturated rings. The molecule has 3 heteroatoms. The van der Waals surface area contributed by atoms with Crippen molar-refractivity contribution in [1.29, 1.82) is 0 Å². The van der Waals surface area contributed by atoms with E-state index in [0.717, 1.165) is 28.4 Å². The molecule has 0 radical (unpaired) electrons. The Kier molecular flexibility index (Phi) is 3.95. The van der Waals surface area contributed by atoms with E-state index in [-0.39, 0.29) is 6.10 Å². The number of anilines is 3. The summed E-state index contributed by atoms with van der Waals surface area (Å²) in [7, 11) is 0. The van der Waals surface area contributed by atoms with Crippen LogP contribution in [0.2, 0.25) is 0 Å². The third-order valence-corrected chi connectivity index (χ3v) is 2.88. The molecule has 0 aliphatic rings. The number of hydrogen-bond donors (Lipinski definition) is 2. The van der Waals surface area contributed by atoms with Gasteiger partial charge in [-0.15, -0.1) is 0 Å². The average Bonchev–Trinajstić information content (AvgIpc) is 2.37. The Morgan fingerprint density at radius 2 is 1.74 bits per heavy atom. The molecule has 0 amide bonds. The van der Waals surface area contributed by atoms with Gasteiger partial charge in [0.2, 0.25) is 0 Å². The lowest BCUT2D eigenvalue weighted by Crippen LogP contribution is -2.05. The van der Waals surface area contributed by atoms with E-state index in [0.29, 0.717) is 0 Å². The molecule has 0 saturated heterocycles. The lowest BCUT2D eigenvalue weighted by Gasteiger charge is -2.13.